The van der Waals surface area contributed by atoms with E-state index in [0.29, 0.717) is 18.2 Å². The van der Waals surface area contributed by atoms with Gasteiger partial charge in [0.1, 0.15) is 6.04 Å². The Balaban J connectivity index is 2.05. The van der Waals surface area contributed by atoms with Gasteiger partial charge in [-0.3, -0.25) is 9.10 Å². The van der Waals surface area contributed by atoms with Gasteiger partial charge in [0.2, 0.25) is 15.9 Å². The molecule has 0 radical (unpaired) electrons. The van der Waals surface area contributed by atoms with Gasteiger partial charge in [-0.1, -0.05) is 37.5 Å². The predicted molar refractivity (Wildman–Crippen MR) is 92.8 cm³/mol. The molecule has 0 aliphatic heterocycles. The molecule has 5 nitrogen and oxygen atoms in total. The van der Waals surface area contributed by atoms with Crippen molar-refractivity contribution in [2.24, 2.45) is 5.92 Å². The van der Waals surface area contributed by atoms with Gasteiger partial charge >= 0.3 is 0 Å². The van der Waals surface area contributed by atoms with Crippen LogP contribution < -0.4 is 9.62 Å². The van der Waals surface area contributed by atoms with Crippen LogP contribution in [0.3, 0.4) is 0 Å². The molecule has 0 bridgehead atoms. The number of nitrogens with zero attached hydrogens (tertiary/aromatic N) is 1. The van der Waals surface area contributed by atoms with Crippen molar-refractivity contribution in [3.63, 3.8) is 0 Å². The zero-order chi connectivity index (χ0) is 16.9. The van der Waals surface area contributed by atoms with Gasteiger partial charge in [0.15, 0.2) is 0 Å². The molecule has 0 spiro atoms. The minimum absolute atomic E-state index is 0.246. The van der Waals surface area contributed by atoms with Crippen LogP contribution in [0.15, 0.2) is 30.3 Å². The number of nitrogens with one attached hydrogen (secondary N) is 1. The molecule has 0 saturated heterocycles. The number of sulfonamides is 1. The topological polar surface area (TPSA) is 66.5 Å². The second-order valence-electron chi connectivity index (χ2n) is 6.32. The van der Waals surface area contributed by atoms with Crippen LogP contribution in [0.4, 0.5) is 5.69 Å². The number of carbonyl (C=O) groups is 1. The molecular weight excluding hydrogens is 312 g/mol. The lowest BCUT2D eigenvalue weighted by Gasteiger charge is -2.29. The highest BCUT2D eigenvalue weighted by Crippen LogP contribution is 2.23. The molecule has 1 aromatic rings. The fraction of sp³-hybridized carbons (Fsp3) is 0.588. The van der Waals surface area contributed by atoms with E-state index < -0.39 is 16.1 Å². The SMILES string of the molecule is C[C@@H](C(=O)NCC1CCCCC1)N(c1ccccc1)S(C)(=O)=O. The highest BCUT2D eigenvalue weighted by Gasteiger charge is 2.29. The smallest absolute Gasteiger partial charge is 0.243 e. The number of benzene rings is 1. The molecule has 1 N–H and O–H groups in total. The van der Waals surface area contributed by atoms with E-state index in [2.05, 4.69) is 5.32 Å². The average molecular weight is 338 g/mol. The van der Waals surface area contributed by atoms with Crippen LogP contribution in [-0.4, -0.2) is 33.2 Å². The Kier molecular flexibility index (Phi) is 6.04. The first-order chi connectivity index (χ1) is 10.9. The van der Waals surface area contributed by atoms with Crippen LogP contribution >= 0.6 is 0 Å². The van der Waals surface area contributed by atoms with Crippen LogP contribution in [0.1, 0.15) is 39.0 Å². The molecule has 1 amide bonds. The van der Waals surface area contributed by atoms with E-state index in [1.165, 1.54) is 23.6 Å². The summed E-state index contributed by atoms with van der Waals surface area (Å²) < 4.78 is 25.4. The lowest BCUT2D eigenvalue weighted by Crippen LogP contribution is -2.48. The second-order valence-corrected chi connectivity index (χ2v) is 8.18. The molecule has 1 aromatic carbocycles. The van der Waals surface area contributed by atoms with Crippen molar-refractivity contribution in [2.45, 2.75) is 45.1 Å². The highest BCUT2D eigenvalue weighted by molar-refractivity contribution is 7.92. The number of anilines is 1. The lowest BCUT2D eigenvalue weighted by molar-refractivity contribution is -0.122. The maximum atomic E-state index is 12.4. The first kappa shape index (κ1) is 17.8. The van der Waals surface area contributed by atoms with Crippen molar-refractivity contribution in [3.05, 3.63) is 30.3 Å². The van der Waals surface area contributed by atoms with Crippen molar-refractivity contribution < 1.29 is 13.2 Å². The van der Waals surface area contributed by atoms with Crippen LogP contribution in [-0.2, 0) is 14.8 Å². The van der Waals surface area contributed by atoms with Crippen LogP contribution in [0.25, 0.3) is 0 Å². The van der Waals surface area contributed by atoms with Crippen molar-refractivity contribution in [1.29, 1.82) is 0 Å². The molecule has 1 aliphatic rings. The third kappa shape index (κ3) is 4.96. The Labute approximate surface area is 139 Å². The van der Waals surface area contributed by atoms with Crippen molar-refractivity contribution in [3.8, 4) is 0 Å². The molecule has 23 heavy (non-hydrogen) atoms. The van der Waals surface area contributed by atoms with E-state index in [0.717, 1.165) is 19.1 Å². The summed E-state index contributed by atoms with van der Waals surface area (Å²) in [5.41, 5.74) is 0.510. The fourth-order valence-corrected chi connectivity index (χ4v) is 4.34. The van der Waals surface area contributed by atoms with E-state index in [9.17, 15) is 13.2 Å². The predicted octanol–water partition coefficient (Wildman–Crippen LogP) is 2.54. The average Bonchev–Trinajstić information content (AvgIpc) is 2.53. The number of amides is 1. The first-order valence-electron chi connectivity index (χ1n) is 8.22. The Morgan fingerprint density at radius 2 is 1.83 bits per heavy atom. The van der Waals surface area contributed by atoms with E-state index in [1.807, 2.05) is 6.07 Å². The summed E-state index contributed by atoms with van der Waals surface area (Å²) in [6, 6.07) is 7.98. The van der Waals surface area contributed by atoms with Gasteiger partial charge in [0.05, 0.1) is 11.9 Å². The van der Waals surface area contributed by atoms with Crippen LogP contribution in [0, 0.1) is 5.92 Å². The number of rotatable bonds is 6. The standard InChI is InChI=1S/C17H26N2O3S/c1-14(17(20)18-13-15-9-5-3-6-10-15)19(23(2,21)22)16-11-7-4-8-12-16/h4,7-8,11-12,14-15H,3,5-6,9-10,13H2,1-2H3,(H,18,20)/t14-/m0/s1. The minimum atomic E-state index is -3.53. The first-order valence-corrected chi connectivity index (χ1v) is 10.1. The van der Waals surface area contributed by atoms with Crippen LogP contribution in [0.2, 0.25) is 0 Å². The molecule has 6 heteroatoms. The fourth-order valence-electron chi connectivity index (χ4n) is 3.17. The van der Waals surface area contributed by atoms with Gasteiger partial charge < -0.3 is 5.32 Å². The number of para-hydroxylation sites is 1. The normalized spacial score (nSPS) is 17.5. The molecule has 0 unspecified atom stereocenters. The molecule has 1 atom stereocenters. The van der Waals surface area contributed by atoms with Crippen molar-refractivity contribution in [2.75, 3.05) is 17.1 Å². The summed E-state index contributed by atoms with van der Waals surface area (Å²) in [5.74, 6) is 0.271. The third-order valence-electron chi connectivity index (χ3n) is 4.39. The largest absolute Gasteiger partial charge is 0.354 e. The van der Waals surface area contributed by atoms with Gasteiger partial charge in [-0.05, 0) is 37.8 Å². The molecule has 0 heterocycles. The second kappa shape index (κ2) is 7.81. The summed E-state index contributed by atoms with van der Waals surface area (Å²) >= 11 is 0. The van der Waals surface area contributed by atoms with E-state index in [-0.39, 0.29) is 5.91 Å². The van der Waals surface area contributed by atoms with Gasteiger partial charge in [0, 0.05) is 6.54 Å². The molecule has 1 aliphatic carbocycles. The van der Waals surface area contributed by atoms with Gasteiger partial charge in [-0.15, -0.1) is 0 Å². The van der Waals surface area contributed by atoms with Crippen molar-refractivity contribution in [1.82, 2.24) is 5.32 Å². The van der Waals surface area contributed by atoms with E-state index in [4.69, 9.17) is 0 Å². The molecule has 0 aromatic heterocycles. The Morgan fingerprint density at radius 1 is 1.22 bits per heavy atom. The highest BCUT2D eigenvalue weighted by atomic mass is 32.2. The van der Waals surface area contributed by atoms with Gasteiger partial charge in [-0.2, -0.15) is 0 Å². The summed E-state index contributed by atoms with van der Waals surface area (Å²) in [6.07, 6.45) is 7.12. The Hall–Kier alpha value is -1.56. The molecule has 1 fully saturated rings. The monoisotopic (exact) mass is 338 g/mol. The summed E-state index contributed by atoms with van der Waals surface area (Å²) in [5, 5.41) is 2.93. The number of hydrogen-bond donors (Lipinski definition) is 1. The summed E-state index contributed by atoms with van der Waals surface area (Å²) in [7, 11) is -3.53. The minimum Gasteiger partial charge on any atom is -0.354 e. The lowest BCUT2D eigenvalue weighted by atomic mass is 9.89. The maximum absolute atomic E-state index is 12.4. The van der Waals surface area contributed by atoms with Gasteiger partial charge in [0.25, 0.3) is 0 Å². The van der Waals surface area contributed by atoms with E-state index >= 15 is 0 Å². The molecule has 2 rings (SSSR count). The summed E-state index contributed by atoms with van der Waals surface area (Å²) in [6.45, 7) is 2.26. The quantitative estimate of drug-likeness (QED) is 0.867. The Morgan fingerprint density at radius 3 is 2.39 bits per heavy atom. The maximum Gasteiger partial charge on any atom is 0.243 e. The number of hydrogen-bond acceptors (Lipinski definition) is 3. The molecular formula is C17H26N2O3S. The number of carbonyl (C=O) groups excluding carboxylic acids is 1. The zero-order valence-corrected chi connectivity index (χ0v) is 14.7. The zero-order valence-electron chi connectivity index (χ0n) is 13.9. The third-order valence-corrected chi connectivity index (χ3v) is 5.63. The molecule has 1 saturated carbocycles. The Bertz CT molecular complexity index is 610. The summed E-state index contributed by atoms with van der Waals surface area (Å²) in [4.78, 5) is 12.4. The van der Waals surface area contributed by atoms with E-state index in [1.54, 1.807) is 31.2 Å². The van der Waals surface area contributed by atoms with Crippen molar-refractivity contribution >= 4 is 21.6 Å². The van der Waals surface area contributed by atoms with Gasteiger partial charge in [-0.25, -0.2) is 8.42 Å². The van der Waals surface area contributed by atoms with Crippen LogP contribution in [0.5, 0.6) is 0 Å². The molecule has 128 valence electrons.